The highest BCUT2D eigenvalue weighted by molar-refractivity contribution is 5.21. The second kappa shape index (κ2) is 6.27. The Morgan fingerprint density at radius 3 is 2.84 bits per heavy atom. The SMILES string of the molecule is COc1nccnc1C(O)C1CN(C(C)C)CCO1. The van der Waals surface area contributed by atoms with Gasteiger partial charge in [0.1, 0.15) is 17.9 Å². The molecule has 0 bridgehead atoms. The minimum Gasteiger partial charge on any atom is -0.480 e. The molecule has 1 aliphatic heterocycles. The molecule has 0 aromatic carbocycles. The lowest BCUT2D eigenvalue weighted by Gasteiger charge is -2.37. The zero-order valence-corrected chi connectivity index (χ0v) is 11.6. The van der Waals surface area contributed by atoms with E-state index in [0.717, 1.165) is 6.54 Å². The number of ether oxygens (including phenoxy) is 2. The molecule has 1 saturated heterocycles. The van der Waals surface area contributed by atoms with Crippen molar-refractivity contribution in [1.82, 2.24) is 14.9 Å². The summed E-state index contributed by atoms with van der Waals surface area (Å²) in [5.74, 6) is 0.347. The van der Waals surface area contributed by atoms with Gasteiger partial charge in [-0.25, -0.2) is 4.98 Å². The third-order valence-corrected chi connectivity index (χ3v) is 3.37. The van der Waals surface area contributed by atoms with Crippen molar-refractivity contribution in [2.75, 3.05) is 26.8 Å². The van der Waals surface area contributed by atoms with Crippen molar-refractivity contribution in [3.63, 3.8) is 0 Å². The lowest BCUT2D eigenvalue weighted by Crippen LogP contribution is -2.48. The summed E-state index contributed by atoms with van der Waals surface area (Å²) in [6, 6.07) is 0.433. The van der Waals surface area contributed by atoms with Crippen LogP contribution in [0.2, 0.25) is 0 Å². The van der Waals surface area contributed by atoms with Crippen LogP contribution < -0.4 is 4.74 Å². The van der Waals surface area contributed by atoms with Gasteiger partial charge >= 0.3 is 0 Å². The van der Waals surface area contributed by atoms with Crippen molar-refractivity contribution >= 4 is 0 Å². The van der Waals surface area contributed by atoms with Crippen molar-refractivity contribution in [2.45, 2.75) is 32.1 Å². The molecule has 2 rings (SSSR count). The molecule has 106 valence electrons. The molecule has 6 nitrogen and oxygen atoms in total. The third kappa shape index (κ3) is 3.20. The molecule has 0 saturated carbocycles. The summed E-state index contributed by atoms with van der Waals surface area (Å²) in [5, 5.41) is 10.4. The summed E-state index contributed by atoms with van der Waals surface area (Å²) in [7, 11) is 1.52. The van der Waals surface area contributed by atoms with Gasteiger partial charge in [0.2, 0.25) is 5.88 Å². The molecular formula is C13H21N3O3. The topological polar surface area (TPSA) is 67.7 Å². The minimum absolute atomic E-state index is 0.304. The largest absolute Gasteiger partial charge is 0.480 e. The fourth-order valence-electron chi connectivity index (χ4n) is 2.23. The predicted molar refractivity (Wildman–Crippen MR) is 70.0 cm³/mol. The number of aromatic nitrogens is 2. The van der Waals surface area contributed by atoms with Crippen LogP contribution in [0.4, 0.5) is 0 Å². The van der Waals surface area contributed by atoms with E-state index in [1.165, 1.54) is 13.3 Å². The van der Waals surface area contributed by atoms with Gasteiger partial charge in [-0.3, -0.25) is 9.88 Å². The zero-order valence-electron chi connectivity index (χ0n) is 11.6. The highest BCUT2D eigenvalue weighted by Crippen LogP contribution is 2.26. The molecular weight excluding hydrogens is 246 g/mol. The van der Waals surface area contributed by atoms with Crippen molar-refractivity contribution in [3.8, 4) is 5.88 Å². The lowest BCUT2D eigenvalue weighted by molar-refractivity contribution is -0.0978. The van der Waals surface area contributed by atoms with Gasteiger partial charge in [-0.05, 0) is 13.8 Å². The van der Waals surface area contributed by atoms with E-state index >= 15 is 0 Å². The Morgan fingerprint density at radius 2 is 2.16 bits per heavy atom. The highest BCUT2D eigenvalue weighted by atomic mass is 16.5. The number of aliphatic hydroxyl groups excluding tert-OH is 1. The number of morpholine rings is 1. The summed E-state index contributed by atoms with van der Waals surface area (Å²) in [4.78, 5) is 10.5. The molecule has 1 aliphatic rings. The Balaban J connectivity index is 2.12. The van der Waals surface area contributed by atoms with Crippen molar-refractivity contribution in [2.24, 2.45) is 0 Å². The fourth-order valence-corrected chi connectivity index (χ4v) is 2.23. The number of rotatable bonds is 4. The zero-order chi connectivity index (χ0) is 13.8. The number of hydrogen-bond donors (Lipinski definition) is 1. The van der Waals surface area contributed by atoms with Crippen LogP contribution in [0.3, 0.4) is 0 Å². The second-order valence-corrected chi connectivity index (χ2v) is 4.89. The monoisotopic (exact) mass is 267 g/mol. The molecule has 6 heteroatoms. The van der Waals surface area contributed by atoms with E-state index in [4.69, 9.17) is 9.47 Å². The maximum Gasteiger partial charge on any atom is 0.238 e. The minimum atomic E-state index is -0.829. The van der Waals surface area contributed by atoms with Gasteiger partial charge in [0, 0.05) is 31.5 Å². The second-order valence-electron chi connectivity index (χ2n) is 4.89. The first-order valence-electron chi connectivity index (χ1n) is 6.52. The molecule has 1 aromatic rings. The molecule has 0 aliphatic carbocycles. The fraction of sp³-hybridized carbons (Fsp3) is 0.692. The average Bonchev–Trinajstić information content (AvgIpc) is 2.46. The maximum absolute atomic E-state index is 10.4. The van der Waals surface area contributed by atoms with Gasteiger partial charge in [0.15, 0.2) is 0 Å². The predicted octanol–water partition coefficient (Wildman–Crippen LogP) is 0.628. The van der Waals surface area contributed by atoms with Gasteiger partial charge in [-0.15, -0.1) is 0 Å². The summed E-state index contributed by atoms with van der Waals surface area (Å²) < 4.78 is 10.8. The highest BCUT2D eigenvalue weighted by Gasteiger charge is 2.31. The Labute approximate surface area is 113 Å². The van der Waals surface area contributed by atoms with Gasteiger partial charge < -0.3 is 14.6 Å². The Morgan fingerprint density at radius 1 is 1.42 bits per heavy atom. The molecule has 1 N–H and O–H groups in total. The smallest absolute Gasteiger partial charge is 0.238 e. The molecule has 0 spiro atoms. The van der Waals surface area contributed by atoms with Gasteiger partial charge in [-0.2, -0.15) is 0 Å². The van der Waals surface area contributed by atoms with Crippen molar-refractivity contribution in [1.29, 1.82) is 0 Å². The van der Waals surface area contributed by atoms with Gasteiger partial charge in [0.05, 0.1) is 13.7 Å². The summed E-state index contributed by atoms with van der Waals surface area (Å²) in [5.41, 5.74) is 0.431. The summed E-state index contributed by atoms with van der Waals surface area (Å²) in [6.07, 6.45) is 1.95. The van der Waals surface area contributed by atoms with E-state index in [9.17, 15) is 5.11 Å². The van der Waals surface area contributed by atoms with Crippen LogP contribution in [0.25, 0.3) is 0 Å². The average molecular weight is 267 g/mol. The number of methoxy groups -OCH3 is 1. The summed E-state index contributed by atoms with van der Waals surface area (Å²) >= 11 is 0. The molecule has 2 atom stereocenters. The Hall–Kier alpha value is -1.24. The van der Waals surface area contributed by atoms with Crippen molar-refractivity contribution < 1.29 is 14.6 Å². The molecule has 1 fully saturated rings. The molecule has 19 heavy (non-hydrogen) atoms. The normalized spacial score (nSPS) is 22.5. The number of aliphatic hydroxyl groups is 1. The third-order valence-electron chi connectivity index (χ3n) is 3.37. The van der Waals surface area contributed by atoms with Crippen LogP contribution >= 0.6 is 0 Å². The van der Waals surface area contributed by atoms with Crippen LogP contribution in [-0.4, -0.2) is 58.9 Å². The van der Waals surface area contributed by atoms with E-state index in [2.05, 4.69) is 28.7 Å². The molecule has 0 amide bonds. The van der Waals surface area contributed by atoms with Gasteiger partial charge in [0.25, 0.3) is 0 Å². The molecule has 2 unspecified atom stereocenters. The van der Waals surface area contributed by atoms with Crippen LogP contribution in [0.5, 0.6) is 5.88 Å². The number of nitrogens with zero attached hydrogens (tertiary/aromatic N) is 3. The molecule has 0 radical (unpaired) electrons. The van der Waals surface area contributed by atoms with E-state index in [-0.39, 0.29) is 6.10 Å². The van der Waals surface area contributed by atoms with Crippen LogP contribution in [0.1, 0.15) is 25.6 Å². The van der Waals surface area contributed by atoms with E-state index in [1.54, 1.807) is 6.20 Å². The Kier molecular flexibility index (Phi) is 4.68. The standard InChI is InChI=1S/C13H21N3O3/c1-9(2)16-6-7-19-10(8-16)12(17)11-13(18-3)15-5-4-14-11/h4-5,9-10,12,17H,6-8H2,1-3H3. The number of hydrogen-bond acceptors (Lipinski definition) is 6. The van der Waals surface area contributed by atoms with Crippen LogP contribution in [0.15, 0.2) is 12.4 Å². The maximum atomic E-state index is 10.4. The molecule has 1 aromatic heterocycles. The quantitative estimate of drug-likeness (QED) is 0.863. The van der Waals surface area contributed by atoms with E-state index in [1.807, 2.05) is 0 Å². The first-order valence-corrected chi connectivity index (χ1v) is 6.52. The van der Waals surface area contributed by atoms with Gasteiger partial charge in [-0.1, -0.05) is 0 Å². The van der Waals surface area contributed by atoms with Crippen LogP contribution in [-0.2, 0) is 4.74 Å². The van der Waals surface area contributed by atoms with Crippen molar-refractivity contribution in [3.05, 3.63) is 18.1 Å². The van der Waals surface area contributed by atoms with Crippen LogP contribution in [0, 0.1) is 0 Å². The summed E-state index contributed by atoms with van der Waals surface area (Å²) in [6.45, 7) is 6.45. The lowest BCUT2D eigenvalue weighted by atomic mass is 10.1. The first kappa shape index (κ1) is 14.2. The van der Waals surface area contributed by atoms with E-state index < -0.39 is 6.10 Å². The van der Waals surface area contributed by atoms with E-state index in [0.29, 0.717) is 30.8 Å². The molecule has 2 heterocycles. The first-order chi connectivity index (χ1) is 9.13. The Bertz CT molecular complexity index is 414.